The molecule has 0 unspecified atom stereocenters. The molecule has 13 heteroatoms. The van der Waals surface area contributed by atoms with Gasteiger partial charge in [0.1, 0.15) is 24.3 Å². The summed E-state index contributed by atoms with van der Waals surface area (Å²) in [5.74, 6) is -1.21. The predicted molar refractivity (Wildman–Crippen MR) is 174 cm³/mol. The van der Waals surface area contributed by atoms with Crippen LogP contribution in [-0.2, 0) is 17.5 Å². The number of hydrogen-bond acceptors (Lipinski definition) is 6. The van der Waals surface area contributed by atoms with Crippen LogP contribution in [0.1, 0.15) is 66.6 Å². The average molecular weight is 682 g/mol. The monoisotopic (exact) mass is 681 g/mol. The Bertz CT molecular complexity index is 1860. The molecule has 2 amide bonds. The minimum Gasteiger partial charge on any atom is -0.451 e. The molecule has 252 valence electrons. The second kappa shape index (κ2) is 13.6. The van der Waals surface area contributed by atoms with Gasteiger partial charge in [0.05, 0.1) is 10.9 Å². The lowest BCUT2D eigenvalue weighted by Gasteiger charge is -2.48. The summed E-state index contributed by atoms with van der Waals surface area (Å²) in [4.78, 5) is 46.5. The van der Waals surface area contributed by atoms with Crippen molar-refractivity contribution in [1.29, 1.82) is 0 Å². The molecule has 1 N–H and O–H groups in total. The number of halogens is 4. The molecule has 2 aromatic carbocycles. The first kappa shape index (κ1) is 33.5. The highest BCUT2D eigenvalue weighted by molar-refractivity contribution is 6.30. The number of fused-ring (bicyclic) bond motifs is 1. The largest absolute Gasteiger partial charge is 0.451 e. The van der Waals surface area contributed by atoms with Crippen LogP contribution >= 0.6 is 11.6 Å². The number of benzene rings is 2. The van der Waals surface area contributed by atoms with E-state index < -0.39 is 34.9 Å². The van der Waals surface area contributed by atoms with Crippen molar-refractivity contribution in [1.82, 2.24) is 25.0 Å². The number of nitrogens with zero attached hydrogens (tertiary/aromatic N) is 4. The van der Waals surface area contributed by atoms with E-state index in [1.807, 2.05) is 4.68 Å². The van der Waals surface area contributed by atoms with Gasteiger partial charge in [0.25, 0.3) is 5.91 Å². The lowest BCUT2D eigenvalue weighted by atomic mass is 9.63. The van der Waals surface area contributed by atoms with E-state index in [0.717, 1.165) is 43.9 Å². The number of likely N-dealkylation sites (tertiary alicyclic amines) is 1. The Hall–Kier alpha value is -4.45. The number of piperidine rings is 1. The summed E-state index contributed by atoms with van der Waals surface area (Å²) in [6.45, 7) is 5.77. The van der Waals surface area contributed by atoms with E-state index in [1.165, 1.54) is 25.6 Å². The second-order valence-corrected chi connectivity index (χ2v) is 13.2. The first-order valence-corrected chi connectivity index (χ1v) is 16.3. The summed E-state index contributed by atoms with van der Waals surface area (Å²) in [7, 11) is 0. The first-order chi connectivity index (χ1) is 22.9. The molecule has 0 spiro atoms. The van der Waals surface area contributed by atoms with Gasteiger partial charge in [-0.1, -0.05) is 49.6 Å². The maximum Gasteiger partial charge on any atom is 0.416 e. The molecule has 1 aliphatic carbocycles. The number of aromatic nitrogens is 3. The fourth-order valence-electron chi connectivity index (χ4n) is 7.18. The summed E-state index contributed by atoms with van der Waals surface area (Å²) in [5, 5.41) is 7.23. The second-order valence-electron chi connectivity index (χ2n) is 12.7. The van der Waals surface area contributed by atoms with Crippen LogP contribution in [0.3, 0.4) is 0 Å². The zero-order valence-corrected chi connectivity index (χ0v) is 26.9. The SMILES string of the molecule is C=C(c1ccc(Cl)cc1)[C@@H](NC(=O)c1cc(=O)c2cc(C(F)(F)F)ccc2o1)C(=O)N1CCC(Cn2cncn2)(C2CCCCC2)CC1. The molecular weight excluding hydrogens is 647 g/mol. The van der Waals surface area contributed by atoms with Gasteiger partial charge in [0.2, 0.25) is 5.91 Å². The van der Waals surface area contributed by atoms with E-state index in [2.05, 4.69) is 22.0 Å². The van der Waals surface area contributed by atoms with Crippen molar-refractivity contribution in [3.63, 3.8) is 0 Å². The van der Waals surface area contributed by atoms with Crippen molar-refractivity contribution < 1.29 is 27.2 Å². The molecule has 1 saturated heterocycles. The summed E-state index contributed by atoms with van der Waals surface area (Å²) >= 11 is 6.09. The van der Waals surface area contributed by atoms with Gasteiger partial charge in [-0.3, -0.25) is 19.1 Å². The van der Waals surface area contributed by atoms with E-state index in [4.69, 9.17) is 16.0 Å². The third-order valence-corrected chi connectivity index (χ3v) is 10.1. The normalized spacial score (nSPS) is 17.6. The van der Waals surface area contributed by atoms with Crippen molar-refractivity contribution in [2.75, 3.05) is 13.1 Å². The zero-order valence-electron chi connectivity index (χ0n) is 26.1. The number of nitrogens with one attached hydrogen (secondary N) is 1. The Balaban J connectivity index is 1.26. The Morgan fingerprint density at radius 1 is 1.06 bits per heavy atom. The molecule has 2 aromatic heterocycles. The van der Waals surface area contributed by atoms with E-state index in [0.29, 0.717) is 47.8 Å². The van der Waals surface area contributed by atoms with E-state index in [9.17, 15) is 27.6 Å². The smallest absolute Gasteiger partial charge is 0.416 e. The van der Waals surface area contributed by atoms with Crippen LogP contribution in [0.25, 0.3) is 16.5 Å². The van der Waals surface area contributed by atoms with Crippen LogP contribution in [0, 0.1) is 11.3 Å². The van der Waals surface area contributed by atoms with E-state index >= 15 is 0 Å². The van der Waals surface area contributed by atoms with Crippen molar-refractivity contribution in [2.24, 2.45) is 11.3 Å². The number of carbonyl (C=O) groups is 2. The Kier molecular flexibility index (Phi) is 9.46. The molecule has 0 bridgehead atoms. The average Bonchev–Trinajstić information content (AvgIpc) is 3.60. The molecule has 2 fully saturated rings. The zero-order chi connectivity index (χ0) is 34.1. The number of rotatable bonds is 8. The van der Waals surface area contributed by atoms with Crippen LogP contribution in [0.5, 0.6) is 0 Å². The minimum atomic E-state index is -4.66. The first-order valence-electron chi connectivity index (χ1n) is 16.0. The quantitative estimate of drug-likeness (QED) is 0.220. The Morgan fingerprint density at radius 3 is 2.42 bits per heavy atom. The third-order valence-electron chi connectivity index (χ3n) is 9.85. The van der Waals surface area contributed by atoms with E-state index in [1.54, 1.807) is 35.5 Å². The summed E-state index contributed by atoms with van der Waals surface area (Å²) < 4.78 is 47.2. The molecule has 9 nitrogen and oxygen atoms in total. The number of hydrogen-bond donors (Lipinski definition) is 1. The van der Waals surface area contributed by atoms with Crippen LogP contribution in [0.2, 0.25) is 5.02 Å². The fraction of sp³-hybridized carbons (Fsp3) is 0.400. The van der Waals surface area contributed by atoms with Crippen LogP contribution in [-0.4, -0.2) is 50.6 Å². The van der Waals surface area contributed by atoms with Gasteiger partial charge >= 0.3 is 6.18 Å². The molecule has 1 aliphatic heterocycles. The van der Waals surface area contributed by atoms with Gasteiger partial charge in [-0.05, 0) is 78.5 Å². The van der Waals surface area contributed by atoms with Gasteiger partial charge in [-0.15, -0.1) is 0 Å². The molecule has 4 aromatic rings. The number of amides is 2. The predicted octanol–water partition coefficient (Wildman–Crippen LogP) is 6.76. The molecule has 48 heavy (non-hydrogen) atoms. The fourth-order valence-corrected chi connectivity index (χ4v) is 7.30. The van der Waals surface area contributed by atoms with Crippen LogP contribution in [0.4, 0.5) is 13.2 Å². The molecule has 6 rings (SSSR count). The highest BCUT2D eigenvalue weighted by Gasteiger charge is 2.44. The van der Waals surface area contributed by atoms with Crippen LogP contribution < -0.4 is 10.7 Å². The van der Waals surface area contributed by atoms with Gasteiger partial charge < -0.3 is 14.6 Å². The standard InChI is InChI=1S/C35H35ClF3N5O4/c1-22(23-7-10-26(36)11-8-23)31(42-32(46)30-18-28(45)27-17-25(35(37,38)39)9-12-29(27)48-30)33(47)43-15-13-34(14-16-43,19-44-21-40-20-41-44)24-5-3-2-4-6-24/h7-12,17-18,20-21,24,31H,1-6,13-16,19H2,(H,42,46)/t31-/m1/s1. The topological polar surface area (TPSA) is 110 Å². The molecular formula is C35H35ClF3N5O4. The van der Waals surface area contributed by atoms with Gasteiger partial charge in [0.15, 0.2) is 11.2 Å². The molecule has 0 radical (unpaired) electrons. The van der Waals surface area contributed by atoms with Crippen molar-refractivity contribution in [3.05, 3.63) is 99.9 Å². The van der Waals surface area contributed by atoms with E-state index in [-0.39, 0.29) is 22.3 Å². The third kappa shape index (κ3) is 7.03. The highest BCUT2D eigenvalue weighted by atomic mass is 35.5. The number of carbonyl (C=O) groups excluding carboxylic acids is 2. The molecule has 2 aliphatic rings. The molecule has 1 saturated carbocycles. The summed E-state index contributed by atoms with van der Waals surface area (Å²) in [6.07, 6.45) is 5.92. The highest BCUT2D eigenvalue weighted by Crippen LogP contribution is 2.47. The molecule has 3 heterocycles. The number of alkyl halides is 3. The Morgan fingerprint density at radius 2 is 1.77 bits per heavy atom. The lowest BCUT2D eigenvalue weighted by Crippen LogP contribution is -2.54. The van der Waals surface area contributed by atoms with Crippen molar-refractivity contribution >= 4 is 40.0 Å². The maximum absolute atomic E-state index is 14.3. The van der Waals surface area contributed by atoms with Gasteiger partial charge in [-0.2, -0.15) is 18.3 Å². The summed E-state index contributed by atoms with van der Waals surface area (Å²) in [6, 6.07) is 8.72. The minimum absolute atomic E-state index is 0.0582. The Labute approximate surface area is 279 Å². The van der Waals surface area contributed by atoms with Gasteiger partial charge in [0, 0.05) is 30.7 Å². The van der Waals surface area contributed by atoms with Gasteiger partial charge in [-0.25, -0.2) is 4.98 Å². The lowest BCUT2D eigenvalue weighted by molar-refractivity contribution is -0.137. The molecule has 1 atom stereocenters. The van der Waals surface area contributed by atoms with Crippen molar-refractivity contribution in [3.8, 4) is 0 Å². The van der Waals surface area contributed by atoms with Crippen molar-refractivity contribution in [2.45, 2.75) is 63.7 Å². The maximum atomic E-state index is 14.3. The summed E-state index contributed by atoms with van der Waals surface area (Å²) in [5.41, 5.74) is -1.22. The van der Waals surface area contributed by atoms with Crippen LogP contribution in [0.15, 0.2) is 77.0 Å².